The number of benzene rings is 2. The lowest BCUT2D eigenvalue weighted by Gasteiger charge is -2.35. The minimum atomic E-state index is -3.74. The van der Waals surface area contributed by atoms with Crippen molar-refractivity contribution in [2.75, 3.05) is 52.7 Å². The molecule has 3 aromatic rings. The summed E-state index contributed by atoms with van der Waals surface area (Å²) in [6.45, 7) is 10.4. The van der Waals surface area contributed by atoms with Crippen LogP contribution in [0.25, 0.3) is 0 Å². The molecule has 13 heteroatoms. The molecule has 0 aliphatic carbocycles. The van der Waals surface area contributed by atoms with E-state index < -0.39 is 10.0 Å². The van der Waals surface area contributed by atoms with Gasteiger partial charge >= 0.3 is 0 Å². The lowest BCUT2D eigenvalue weighted by molar-refractivity contribution is 0.0137. The van der Waals surface area contributed by atoms with E-state index in [1.54, 1.807) is 36.7 Å². The maximum Gasteiger partial charge on any atom is 0.240 e. The van der Waals surface area contributed by atoms with E-state index in [0.29, 0.717) is 62.7 Å². The van der Waals surface area contributed by atoms with Crippen LogP contribution in [0.3, 0.4) is 0 Å². The number of halogens is 2. The number of sulfonamides is 1. The van der Waals surface area contributed by atoms with Crippen molar-refractivity contribution in [2.45, 2.75) is 37.2 Å². The van der Waals surface area contributed by atoms with Crippen LogP contribution < -0.4 is 4.72 Å². The summed E-state index contributed by atoms with van der Waals surface area (Å²) in [7, 11) is -3.74. The van der Waals surface area contributed by atoms with Crippen molar-refractivity contribution in [2.24, 2.45) is 0 Å². The zero-order valence-corrected chi connectivity index (χ0v) is 26.0. The molecule has 0 saturated heterocycles. The number of ether oxygens (including phenoxy) is 3. The Balaban J connectivity index is 1.18. The topological polar surface area (TPSA) is 108 Å². The molecule has 1 aliphatic rings. The maximum absolute atomic E-state index is 13.0. The van der Waals surface area contributed by atoms with Crippen molar-refractivity contribution in [3.05, 3.63) is 87.8 Å². The molecule has 0 spiro atoms. The highest BCUT2D eigenvalue weighted by atomic mass is 35.5. The Morgan fingerprint density at radius 3 is 2.55 bits per heavy atom. The molecule has 2 aromatic carbocycles. The summed E-state index contributed by atoms with van der Waals surface area (Å²) in [5.41, 5.74) is 3.88. The molecule has 10 nitrogen and oxygen atoms in total. The second-order valence-electron chi connectivity index (χ2n) is 9.73. The van der Waals surface area contributed by atoms with E-state index in [-0.39, 0.29) is 24.0 Å². The summed E-state index contributed by atoms with van der Waals surface area (Å²) in [5, 5.41) is 9.06. The standard InChI is InChI=1S/C29H37Cl2N5O5S/c1-3-24-19-32-34-36(24)9-11-40-13-15-41-14-12-39-10-8-33-42(37,38)25-7-5-6-22(16-25)27-20-35(4-2)21-28-26(27)17-23(30)18-29(28)31/h4-7,16-19,27,33H,2-3,8-15,20-21H2,1H3/t27-/m0/s1. The van der Waals surface area contributed by atoms with Gasteiger partial charge in [-0.15, -0.1) is 5.10 Å². The van der Waals surface area contributed by atoms with Gasteiger partial charge in [0.15, 0.2) is 0 Å². The molecule has 1 aromatic heterocycles. The summed E-state index contributed by atoms with van der Waals surface area (Å²) in [6, 6.07) is 10.6. The molecule has 0 amide bonds. The molecular weight excluding hydrogens is 601 g/mol. The number of nitrogens with zero attached hydrogens (tertiary/aromatic N) is 4. The van der Waals surface area contributed by atoms with Gasteiger partial charge in [-0.25, -0.2) is 17.8 Å². The van der Waals surface area contributed by atoms with Gasteiger partial charge < -0.3 is 19.1 Å². The van der Waals surface area contributed by atoms with Crippen LogP contribution in [0.1, 0.15) is 35.2 Å². The first kappa shape index (κ1) is 32.4. The molecule has 228 valence electrons. The van der Waals surface area contributed by atoms with E-state index in [4.69, 9.17) is 37.4 Å². The average molecular weight is 639 g/mol. The van der Waals surface area contributed by atoms with Crippen LogP contribution in [0.4, 0.5) is 0 Å². The highest BCUT2D eigenvalue weighted by molar-refractivity contribution is 7.89. The summed E-state index contributed by atoms with van der Waals surface area (Å²) in [5.74, 6) is -0.116. The van der Waals surface area contributed by atoms with Crippen molar-refractivity contribution in [3.8, 4) is 0 Å². The maximum atomic E-state index is 13.0. The van der Waals surface area contributed by atoms with E-state index >= 15 is 0 Å². The van der Waals surface area contributed by atoms with Crippen LogP contribution in [-0.2, 0) is 43.7 Å². The summed E-state index contributed by atoms with van der Waals surface area (Å²) in [4.78, 5) is 2.24. The minimum absolute atomic E-state index is 0.116. The lowest BCUT2D eigenvalue weighted by Crippen LogP contribution is -2.31. The Bertz CT molecular complexity index is 1440. The predicted octanol–water partition coefficient (Wildman–Crippen LogP) is 4.27. The molecule has 1 N–H and O–H groups in total. The van der Waals surface area contributed by atoms with Crippen LogP contribution in [0.2, 0.25) is 10.0 Å². The fraction of sp³-hybridized carbons (Fsp3) is 0.448. The molecule has 42 heavy (non-hydrogen) atoms. The second-order valence-corrected chi connectivity index (χ2v) is 12.3. The number of aryl methyl sites for hydroxylation is 1. The van der Waals surface area contributed by atoms with Crippen molar-refractivity contribution >= 4 is 33.2 Å². The van der Waals surface area contributed by atoms with Crippen LogP contribution in [0.5, 0.6) is 0 Å². The third-order valence-corrected chi connectivity index (χ3v) is 8.98. The monoisotopic (exact) mass is 637 g/mol. The normalized spacial score (nSPS) is 15.1. The zero-order chi connectivity index (χ0) is 30.0. The molecule has 1 aliphatic heterocycles. The second kappa shape index (κ2) is 15.8. The quantitative estimate of drug-likeness (QED) is 0.219. The van der Waals surface area contributed by atoms with Crippen molar-refractivity contribution in [1.29, 1.82) is 0 Å². The average Bonchev–Trinajstić information content (AvgIpc) is 3.45. The molecule has 0 fully saturated rings. The van der Waals surface area contributed by atoms with Crippen LogP contribution in [0.15, 0.2) is 60.3 Å². The number of fused-ring (bicyclic) bond motifs is 1. The van der Waals surface area contributed by atoms with E-state index in [1.807, 2.05) is 16.8 Å². The van der Waals surface area contributed by atoms with E-state index in [9.17, 15) is 8.42 Å². The molecule has 4 rings (SSSR count). The van der Waals surface area contributed by atoms with Gasteiger partial charge in [-0.1, -0.05) is 54.1 Å². The van der Waals surface area contributed by atoms with Crippen LogP contribution in [-0.4, -0.2) is 81.0 Å². The SMILES string of the molecule is C=CN1Cc2c(Cl)cc(Cl)cc2[C@H](c2cccc(S(=O)(=O)NCCOCCOCCOCCn3nncc3CC)c2)C1. The van der Waals surface area contributed by atoms with Crippen LogP contribution >= 0.6 is 23.2 Å². The van der Waals surface area contributed by atoms with Gasteiger partial charge in [0.2, 0.25) is 10.0 Å². The Morgan fingerprint density at radius 1 is 1.07 bits per heavy atom. The molecule has 0 unspecified atom stereocenters. The van der Waals surface area contributed by atoms with E-state index in [0.717, 1.165) is 28.8 Å². The number of nitrogens with one attached hydrogen (secondary N) is 1. The predicted molar refractivity (Wildman–Crippen MR) is 162 cm³/mol. The van der Waals surface area contributed by atoms with Crippen molar-refractivity contribution in [3.63, 3.8) is 0 Å². The van der Waals surface area contributed by atoms with E-state index in [1.165, 1.54) is 0 Å². The first-order valence-electron chi connectivity index (χ1n) is 13.9. The first-order chi connectivity index (χ1) is 20.3. The number of hydrogen-bond acceptors (Lipinski definition) is 8. The Morgan fingerprint density at radius 2 is 1.81 bits per heavy atom. The van der Waals surface area contributed by atoms with Gasteiger partial charge in [-0.3, -0.25) is 0 Å². The highest BCUT2D eigenvalue weighted by Gasteiger charge is 2.28. The van der Waals surface area contributed by atoms with Gasteiger partial charge in [-0.05, 0) is 53.6 Å². The molecule has 1 atom stereocenters. The lowest BCUT2D eigenvalue weighted by atomic mass is 9.85. The molecular formula is C29H37Cl2N5O5S. The van der Waals surface area contributed by atoms with Gasteiger partial charge in [0.25, 0.3) is 0 Å². The summed E-state index contributed by atoms with van der Waals surface area (Å²) >= 11 is 12.8. The van der Waals surface area contributed by atoms with Gasteiger partial charge in [0, 0.05) is 35.6 Å². The fourth-order valence-corrected chi connectivity index (χ4v) is 6.43. The molecule has 0 radical (unpaired) electrons. The zero-order valence-electron chi connectivity index (χ0n) is 23.7. The summed E-state index contributed by atoms with van der Waals surface area (Å²) in [6.07, 6.45) is 4.40. The fourth-order valence-electron chi connectivity index (χ4n) is 4.79. The van der Waals surface area contributed by atoms with Gasteiger partial charge in [0.1, 0.15) is 0 Å². The Hall–Kier alpha value is -2.51. The largest absolute Gasteiger partial charge is 0.378 e. The van der Waals surface area contributed by atoms with Crippen molar-refractivity contribution in [1.82, 2.24) is 24.6 Å². The molecule has 0 saturated carbocycles. The van der Waals surface area contributed by atoms with Gasteiger partial charge in [-0.2, -0.15) is 0 Å². The summed E-state index contributed by atoms with van der Waals surface area (Å²) < 4.78 is 47.1. The third-order valence-electron chi connectivity index (χ3n) is 6.97. The Labute approximate surface area is 257 Å². The smallest absolute Gasteiger partial charge is 0.240 e. The Kier molecular flexibility index (Phi) is 12.2. The van der Waals surface area contributed by atoms with Gasteiger partial charge in [0.05, 0.1) is 63.0 Å². The molecule has 0 bridgehead atoms. The molecule has 2 heterocycles. The number of aromatic nitrogens is 3. The van der Waals surface area contributed by atoms with E-state index in [2.05, 4.69) is 33.4 Å². The first-order valence-corrected chi connectivity index (χ1v) is 16.1. The highest BCUT2D eigenvalue weighted by Crippen LogP contribution is 2.39. The number of rotatable bonds is 17. The number of hydrogen-bond donors (Lipinski definition) is 1. The van der Waals surface area contributed by atoms with Crippen molar-refractivity contribution < 1.29 is 22.6 Å². The third kappa shape index (κ3) is 8.76. The minimum Gasteiger partial charge on any atom is -0.378 e. The van der Waals surface area contributed by atoms with Crippen LogP contribution in [0, 0.1) is 0 Å².